The first kappa shape index (κ1) is 24.3. The fraction of sp³-hybridized carbons (Fsp3) is 0.500. The molecule has 192 valence electrons. The molecular formula is C24H28F3N7O2. The van der Waals surface area contributed by atoms with Gasteiger partial charge in [-0.1, -0.05) is 0 Å². The summed E-state index contributed by atoms with van der Waals surface area (Å²) in [6.07, 6.45) is 5.76. The molecule has 2 heterocycles. The van der Waals surface area contributed by atoms with Crippen molar-refractivity contribution in [3.63, 3.8) is 0 Å². The summed E-state index contributed by atoms with van der Waals surface area (Å²) in [5.41, 5.74) is 0.383. The maximum Gasteiger partial charge on any atom is 0.224 e. The second-order valence-electron chi connectivity index (χ2n) is 9.51. The van der Waals surface area contributed by atoms with Crippen LogP contribution in [0.2, 0.25) is 0 Å². The number of aliphatic hydroxyl groups is 1. The van der Waals surface area contributed by atoms with Crippen LogP contribution in [0.3, 0.4) is 0 Å². The van der Waals surface area contributed by atoms with Gasteiger partial charge >= 0.3 is 0 Å². The van der Waals surface area contributed by atoms with Crippen LogP contribution in [0.15, 0.2) is 18.3 Å². The van der Waals surface area contributed by atoms with E-state index in [4.69, 9.17) is 0 Å². The summed E-state index contributed by atoms with van der Waals surface area (Å²) in [4.78, 5) is 25.5. The SMILES string of the molecule is CNC(=O)[C@H]1CC[C@H](Nc2ncc3nc(Nc4c(F)cc(F)cc4F)n(C4CCC(O)CC4)c3n2)C1. The Kier molecular flexibility index (Phi) is 6.69. The van der Waals surface area contributed by atoms with E-state index >= 15 is 0 Å². The topological polar surface area (TPSA) is 117 Å². The molecule has 36 heavy (non-hydrogen) atoms. The fourth-order valence-electron chi connectivity index (χ4n) is 5.22. The van der Waals surface area contributed by atoms with Crippen molar-refractivity contribution in [1.82, 2.24) is 24.8 Å². The van der Waals surface area contributed by atoms with Gasteiger partial charge in [-0.3, -0.25) is 9.36 Å². The molecule has 1 aromatic carbocycles. The van der Waals surface area contributed by atoms with E-state index < -0.39 is 29.2 Å². The molecule has 12 heteroatoms. The number of hydrogen-bond donors (Lipinski definition) is 4. The number of anilines is 3. The van der Waals surface area contributed by atoms with Crippen LogP contribution in [-0.2, 0) is 4.79 Å². The summed E-state index contributed by atoms with van der Waals surface area (Å²) in [7, 11) is 1.63. The number of hydrogen-bond acceptors (Lipinski definition) is 7. The van der Waals surface area contributed by atoms with Gasteiger partial charge < -0.3 is 21.1 Å². The van der Waals surface area contributed by atoms with Gasteiger partial charge in [0.2, 0.25) is 17.8 Å². The zero-order chi connectivity index (χ0) is 25.4. The van der Waals surface area contributed by atoms with Gasteiger partial charge in [-0.25, -0.2) is 23.1 Å². The number of carbonyl (C=O) groups excluding carboxylic acids is 1. The third kappa shape index (κ3) is 4.81. The largest absolute Gasteiger partial charge is 0.393 e. The number of rotatable bonds is 6. The molecule has 3 aromatic rings. The van der Waals surface area contributed by atoms with E-state index in [0.29, 0.717) is 61.3 Å². The van der Waals surface area contributed by atoms with Crippen LogP contribution >= 0.6 is 0 Å². The standard InChI is InChI=1S/C24H28F3N7O2/c1-28-22(36)12-2-3-14(8-12)30-23-29-11-19-21(33-23)34(15-4-6-16(35)7-5-15)24(31-19)32-20-17(26)9-13(25)10-18(20)27/h9-12,14-16,35H,2-8H2,1H3,(H,28,36)(H,31,32)(H,29,30,33)/t12-,14-,15?,16?/m0/s1. The molecule has 2 saturated carbocycles. The third-order valence-corrected chi connectivity index (χ3v) is 7.09. The van der Waals surface area contributed by atoms with Crippen molar-refractivity contribution in [1.29, 1.82) is 0 Å². The quantitative estimate of drug-likeness (QED) is 0.404. The molecule has 0 spiro atoms. The van der Waals surface area contributed by atoms with Crippen LogP contribution in [-0.4, -0.2) is 49.7 Å². The van der Waals surface area contributed by atoms with Crippen molar-refractivity contribution in [2.24, 2.45) is 5.92 Å². The monoisotopic (exact) mass is 503 g/mol. The van der Waals surface area contributed by atoms with E-state index in [9.17, 15) is 23.1 Å². The lowest BCUT2D eigenvalue weighted by Gasteiger charge is -2.28. The average molecular weight is 504 g/mol. The van der Waals surface area contributed by atoms with Gasteiger partial charge in [0.05, 0.1) is 12.3 Å². The Bertz CT molecular complexity index is 1250. The van der Waals surface area contributed by atoms with Gasteiger partial charge in [0.1, 0.15) is 17.0 Å². The Labute approximate surface area is 205 Å². The Morgan fingerprint density at radius 1 is 1.06 bits per heavy atom. The molecule has 2 aromatic heterocycles. The summed E-state index contributed by atoms with van der Waals surface area (Å²) in [5, 5.41) is 18.7. The molecular weight excluding hydrogens is 475 g/mol. The van der Waals surface area contributed by atoms with Crippen LogP contribution in [0.25, 0.3) is 11.2 Å². The van der Waals surface area contributed by atoms with Gasteiger partial charge in [0.15, 0.2) is 17.3 Å². The van der Waals surface area contributed by atoms with Crippen molar-refractivity contribution in [2.75, 3.05) is 17.7 Å². The van der Waals surface area contributed by atoms with Gasteiger partial charge in [-0.15, -0.1) is 0 Å². The van der Waals surface area contributed by atoms with Gasteiger partial charge in [0.25, 0.3) is 0 Å². The fourth-order valence-corrected chi connectivity index (χ4v) is 5.22. The van der Waals surface area contributed by atoms with Gasteiger partial charge in [0, 0.05) is 37.2 Å². The first-order chi connectivity index (χ1) is 17.3. The second kappa shape index (κ2) is 9.92. The highest BCUT2D eigenvalue weighted by Gasteiger charge is 2.31. The molecule has 4 N–H and O–H groups in total. The van der Waals surface area contributed by atoms with Crippen molar-refractivity contribution < 1.29 is 23.1 Å². The minimum atomic E-state index is -1.08. The first-order valence-electron chi connectivity index (χ1n) is 12.1. The number of imidazole rings is 1. The summed E-state index contributed by atoms with van der Waals surface area (Å²) >= 11 is 0. The molecule has 0 radical (unpaired) electrons. The van der Waals surface area contributed by atoms with E-state index in [2.05, 4.69) is 30.9 Å². The molecule has 9 nitrogen and oxygen atoms in total. The molecule has 2 aliphatic rings. The minimum Gasteiger partial charge on any atom is -0.393 e. The van der Waals surface area contributed by atoms with E-state index in [1.54, 1.807) is 11.6 Å². The zero-order valence-corrected chi connectivity index (χ0v) is 19.8. The number of halogens is 3. The molecule has 2 fully saturated rings. The Balaban J connectivity index is 1.48. The molecule has 1 amide bonds. The van der Waals surface area contributed by atoms with Crippen molar-refractivity contribution in [3.8, 4) is 0 Å². The smallest absolute Gasteiger partial charge is 0.224 e. The predicted octanol–water partition coefficient (Wildman–Crippen LogP) is 3.79. The number of aromatic nitrogens is 4. The summed E-state index contributed by atoms with van der Waals surface area (Å²) in [5.74, 6) is -2.69. The minimum absolute atomic E-state index is 0.0178. The molecule has 0 unspecified atom stereocenters. The van der Waals surface area contributed by atoms with Gasteiger partial charge in [-0.05, 0) is 44.9 Å². The van der Waals surface area contributed by atoms with E-state index in [1.807, 2.05) is 0 Å². The highest BCUT2D eigenvalue weighted by Crippen LogP contribution is 2.36. The van der Waals surface area contributed by atoms with E-state index in [1.165, 1.54) is 6.20 Å². The maximum atomic E-state index is 14.4. The van der Waals surface area contributed by atoms with Crippen LogP contribution < -0.4 is 16.0 Å². The molecule has 2 atom stereocenters. The number of nitrogens with one attached hydrogen (secondary N) is 3. The van der Waals surface area contributed by atoms with Crippen LogP contribution in [0.1, 0.15) is 51.0 Å². The Hall–Kier alpha value is -3.41. The number of benzene rings is 1. The van der Waals surface area contributed by atoms with Crippen LogP contribution in [0.5, 0.6) is 0 Å². The molecule has 2 aliphatic carbocycles. The van der Waals surface area contributed by atoms with E-state index in [0.717, 1.165) is 12.8 Å². The lowest BCUT2D eigenvalue weighted by Crippen LogP contribution is -2.27. The van der Waals surface area contributed by atoms with Crippen LogP contribution in [0.4, 0.5) is 30.8 Å². The number of aliphatic hydroxyl groups excluding tert-OH is 1. The number of amides is 1. The predicted molar refractivity (Wildman–Crippen MR) is 127 cm³/mol. The highest BCUT2D eigenvalue weighted by atomic mass is 19.1. The summed E-state index contributed by atoms with van der Waals surface area (Å²) in [6.45, 7) is 0. The van der Waals surface area contributed by atoms with Crippen molar-refractivity contribution in [3.05, 3.63) is 35.8 Å². The molecule has 5 rings (SSSR count). The third-order valence-electron chi connectivity index (χ3n) is 7.09. The van der Waals surface area contributed by atoms with Crippen LogP contribution in [0, 0.1) is 23.4 Å². The number of fused-ring (bicyclic) bond motifs is 1. The Morgan fingerprint density at radius 2 is 1.78 bits per heavy atom. The second-order valence-corrected chi connectivity index (χ2v) is 9.51. The Morgan fingerprint density at radius 3 is 2.47 bits per heavy atom. The lowest BCUT2D eigenvalue weighted by molar-refractivity contribution is -0.124. The number of carbonyl (C=O) groups is 1. The first-order valence-corrected chi connectivity index (χ1v) is 12.1. The average Bonchev–Trinajstić information content (AvgIpc) is 3.46. The molecule has 0 aliphatic heterocycles. The zero-order valence-electron chi connectivity index (χ0n) is 19.8. The maximum absolute atomic E-state index is 14.4. The molecule has 0 bridgehead atoms. The normalized spacial score (nSPS) is 24.1. The lowest BCUT2D eigenvalue weighted by atomic mass is 9.93. The van der Waals surface area contributed by atoms with Crippen molar-refractivity contribution >= 4 is 34.7 Å². The summed E-state index contributed by atoms with van der Waals surface area (Å²) in [6, 6.07) is 1.11. The van der Waals surface area contributed by atoms with Crippen molar-refractivity contribution in [2.45, 2.75) is 63.1 Å². The van der Waals surface area contributed by atoms with Gasteiger partial charge in [-0.2, -0.15) is 4.98 Å². The van der Waals surface area contributed by atoms with E-state index in [-0.39, 0.29) is 29.9 Å². The molecule has 0 saturated heterocycles. The summed E-state index contributed by atoms with van der Waals surface area (Å²) < 4.78 is 44.0. The highest BCUT2D eigenvalue weighted by molar-refractivity contribution is 5.79. The number of nitrogens with zero attached hydrogens (tertiary/aromatic N) is 4.